The zero-order valence-corrected chi connectivity index (χ0v) is 11.8. The minimum Gasteiger partial charge on any atom is -0.444 e. The molecule has 0 bridgehead atoms. The van der Waals surface area contributed by atoms with Crippen LogP contribution in [0.15, 0.2) is 0 Å². The maximum absolute atomic E-state index is 12.3. The van der Waals surface area contributed by atoms with Crippen molar-refractivity contribution in [1.29, 1.82) is 0 Å². The van der Waals surface area contributed by atoms with Crippen LogP contribution in [0.1, 0.15) is 34.1 Å². The van der Waals surface area contributed by atoms with Crippen molar-refractivity contribution in [3.63, 3.8) is 0 Å². The van der Waals surface area contributed by atoms with Crippen LogP contribution in [0.4, 0.5) is 4.79 Å². The third kappa shape index (κ3) is 2.78. The fourth-order valence-electron chi connectivity index (χ4n) is 2.55. The zero-order chi connectivity index (χ0) is 13.4. The predicted octanol–water partition coefficient (Wildman–Crippen LogP) is 1.37. The zero-order valence-electron chi connectivity index (χ0n) is 11.8. The fraction of sp³-hybridized carbons (Fsp3) is 0.923. The van der Waals surface area contributed by atoms with Crippen molar-refractivity contribution in [2.75, 3.05) is 26.2 Å². The Bertz CT molecular complexity index is 319. The summed E-state index contributed by atoms with van der Waals surface area (Å²) in [6.07, 6.45) is 0.781. The van der Waals surface area contributed by atoms with Crippen molar-refractivity contribution in [3.8, 4) is 0 Å². The Hall–Kier alpha value is -0.810. The van der Waals surface area contributed by atoms with Crippen LogP contribution < -0.4 is 5.32 Å². The molecular weight excluding hydrogens is 232 g/mol. The number of amides is 1. The van der Waals surface area contributed by atoms with Gasteiger partial charge in [-0.15, -0.1) is 0 Å². The minimum atomic E-state index is -0.453. The van der Waals surface area contributed by atoms with Crippen LogP contribution in [0.2, 0.25) is 0 Å². The summed E-state index contributed by atoms with van der Waals surface area (Å²) < 4.78 is 11.3. The third-order valence-electron chi connectivity index (χ3n) is 3.48. The van der Waals surface area contributed by atoms with Gasteiger partial charge in [0.1, 0.15) is 5.60 Å². The van der Waals surface area contributed by atoms with E-state index in [9.17, 15) is 4.79 Å². The fourth-order valence-corrected chi connectivity index (χ4v) is 2.55. The molecule has 2 rings (SSSR count). The molecule has 0 aliphatic carbocycles. The SMILES string of the molecule is CC1CN(C(=O)OC(C)(C)C)C2(CCNC2)CO1. The predicted molar refractivity (Wildman–Crippen MR) is 68.6 cm³/mol. The molecule has 2 aliphatic heterocycles. The average Bonchev–Trinajstić information content (AvgIpc) is 2.69. The summed E-state index contributed by atoms with van der Waals surface area (Å²) in [5.74, 6) is 0. The Morgan fingerprint density at radius 1 is 1.50 bits per heavy atom. The molecule has 2 heterocycles. The van der Waals surface area contributed by atoms with Gasteiger partial charge < -0.3 is 14.8 Å². The lowest BCUT2D eigenvalue weighted by molar-refractivity contribution is -0.0982. The molecule has 1 spiro atoms. The van der Waals surface area contributed by atoms with Gasteiger partial charge >= 0.3 is 6.09 Å². The molecule has 2 aliphatic rings. The van der Waals surface area contributed by atoms with Gasteiger partial charge in [-0.05, 0) is 40.7 Å². The van der Waals surface area contributed by atoms with Gasteiger partial charge in [0.25, 0.3) is 0 Å². The first-order chi connectivity index (χ1) is 8.32. The van der Waals surface area contributed by atoms with Crippen LogP contribution in [0.5, 0.6) is 0 Å². The molecule has 2 saturated heterocycles. The second kappa shape index (κ2) is 4.70. The van der Waals surface area contributed by atoms with Crippen molar-refractivity contribution in [1.82, 2.24) is 10.2 Å². The maximum Gasteiger partial charge on any atom is 0.410 e. The standard InChI is InChI=1S/C13H24N2O3/c1-10-7-15(11(16)18-12(2,3)4)13(9-17-10)5-6-14-8-13/h10,14H,5-9H2,1-4H3. The van der Waals surface area contributed by atoms with Crippen molar-refractivity contribution >= 4 is 6.09 Å². The van der Waals surface area contributed by atoms with E-state index in [-0.39, 0.29) is 17.7 Å². The van der Waals surface area contributed by atoms with Crippen molar-refractivity contribution < 1.29 is 14.3 Å². The molecule has 2 fully saturated rings. The van der Waals surface area contributed by atoms with Crippen LogP contribution in [-0.4, -0.2) is 54.5 Å². The topological polar surface area (TPSA) is 50.8 Å². The van der Waals surface area contributed by atoms with E-state index in [0.717, 1.165) is 19.5 Å². The minimum absolute atomic E-state index is 0.0729. The average molecular weight is 256 g/mol. The van der Waals surface area contributed by atoms with Crippen molar-refractivity contribution in [3.05, 3.63) is 0 Å². The number of carbonyl (C=O) groups is 1. The van der Waals surface area contributed by atoms with E-state index in [0.29, 0.717) is 13.2 Å². The molecule has 18 heavy (non-hydrogen) atoms. The Kier molecular flexibility index (Phi) is 3.56. The van der Waals surface area contributed by atoms with Gasteiger partial charge in [-0.2, -0.15) is 0 Å². The van der Waals surface area contributed by atoms with E-state index in [4.69, 9.17) is 9.47 Å². The third-order valence-corrected chi connectivity index (χ3v) is 3.48. The summed E-state index contributed by atoms with van der Waals surface area (Å²) in [6.45, 7) is 10.6. The van der Waals surface area contributed by atoms with Crippen LogP contribution in [0, 0.1) is 0 Å². The second-order valence-corrected chi connectivity index (χ2v) is 6.36. The van der Waals surface area contributed by atoms with Gasteiger partial charge in [0.2, 0.25) is 0 Å². The first kappa shape index (κ1) is 13.6. The van der Waals surface area contributed by atoms with Gasteiger partial charge in [0, 0.05) is 6.54 Å². The molecule has 0 aromatic heterocycles. The molecule has 104 valence electrons. The van der Waals surface area contributed by atoms with E-state index in [1.165, 1.54) is 0 Å². The normalized spacial score (nSPS) is 32.9. The quantitative estimate of drug-likeness (QED) is 0.711. The summed E-state index contributed by atoms with van der Waals surface area (Å²) in [6, 6.07) is 0. The number of hydrogen-bond acceptors (Lipinski definition) is 4. The number of ether oxygens (including phenoxy) is 2. The molecular formula is C13H24N2O3. The Balaban J connectivity index is 2.13. The van der Waals surface area contributed by atoms with Crippen molar-refractivity contribution in [2.45, 2.75) is 51.4 Å². The molecule has 0 aromatic carbocycles. The number of morpholine rings is 1. The van der Waals surface area contributed by atoms with E-state index in [1.807, 2.05) is 32.6 Å². The molecule has 1 amide bonds. The highest BCUT2D eigenvalue weighted by molar-refractivity contribution is 5.69. The van der Waals surface area contributed by atoms with Crippen LogP contribution >= 0.6 is 0 Å². The Morgan fingerprint density at radius 2 is 2.22 bits per heavy atom. The number of hydrogen-bond donors (Lipinski definition) is 1. The van der Waals surface area contributed by atoms with Gasteiger partial charge in [-0.1, -0.05) is 0 Å². The van der Waals surface area contributed by atoms with Crippen LogP contribution in [0.25, 0.3) is 0 Å². The lowest BCUT2D eigenvalue weighted by atomic mass is 9.95. The number of carbonyl (C=O) groups excluding carboxylic acids is 1. The van der Waals surface area contributed by atoms with E-state index < -0.39 is 5.60 Å². The second-order valence-electron chi connectivity index (χ2n) is 6.36. The Labute approximate surface area is 109 Å². The largest absolute Gasteiger partial charge is 0.444 e. The maximum atomic E-state index is 12.3. The molecule has 5 heteroatoms. The van der Waals surface area contributed by atoms with Gasteiger partial charge in [-0.3, -0.25) is 4.90 Å². The van der Waals surface area contributed by atoms with Gasteiger partial charge in [0.15, 0.2) is 0 Å². The lowest BCUT2D eigenvalue weighted by Gasteiger charge is -2.46. The summed E-state index contributed by atoms with van der Waals surface area (Å²) in [5.41, 5.74) is -0.666. The smallest absolute Gasteiger partial charge is 0.410 e. The van der Waals surface area contributed by atoms with E-state index >= 15 is 0 Å². The van der Waals surface area contributed by atoms with Gasteiger partial charge in [0.05, 0.1) is 24.8 Å². The summed E-state index contributed by atoms with van der Waals surface area (Å²) >= 11 is 0. The van der Waals surface area contributed by atoms with Crippen LogP contribution in [-0.2, 0) is 9.47 Å². The molecule has 5 nitrogen and oxygen atoms in total. The molecule has 0 saturated carbocycles. The lowest BCUT2D eigenvalue weighted by Crippen LogP contribution is -2.62. The summed E-state index contributed by atoms with van der Waals surface area (Å²) in [4.78, 5) is 14.2. The summed E-state index contributed by atoms with van der Waals surface area (Å²) in [5, 5.41) is 3.32. The molecule has 0 radical (unpaired) electrons. The summed E-state index contributed by atoms with van der Waals surface area (Å²) in [7, 11) is 0. The first-order valence-electron chi connectivity index (χ1n) is 6.65. The number of nitrogens with zero attached hydrogens (tertiary/aromatic N) is 1. The molecule has 1 N–H and O–H groups in total. The van der Waals surface area contributed by atoms with Gasteiger partial charge in [-0.25, -0.2) is 4.79 Å². The monoisotopic (exact) mass is 256 g/mol. The highest BCUT2D eigenvalue weighted by atomic mass is 16.6. The molecule has 2 atom stereocenters. The van der Waals surface area contributed by atoms with Crippen molar-refractivity contribution in [2.24, 2.45) is 0 Å². The highest BCUT2D eigenvalue weighted by Crippen LogP contribution is 2.30. The van der Waals surface area contributed by atoms with E-state index in [1.54, 1.807) is 0 Å². The first-order valence-corrected chi connectivity index (χ1v) is 6.65. The number of nitrogens with one attached hydrogen (secondary N) is 1. The molecule has 0 aromatic rings. The van der Waals surface area contributed by atoms with Crippen LogP contribution in [0.3, 0.4) is 0 Å². The highest BCUT2D eigenvalue weighted by Gasteiger charge is 2.47. The van der Waals surface area contributed by atoms with E-state index in [2.05, 4.69) is 5.32 Å². The number of rotatable bonds is 0. The molecule has 2 unspecified atom stereocenters. The Morgan fingerprint density at radius 3 is 2.78 bits per heavy atom.